The van der Waals surface area contributed by atoms with Crippen molar-refractivity contribution >= 4 is 11.7 Å². The quantitative estimate of drug-likeness (QED) is 0.677. The van der Waals surface area contributed by atoms with E-state index in [4.69, 9.17) is 0 Å². The van der Waals surface area contributed by atoms with Gasteiger partial charge in [-0.15, -0.1) is 0 Å². The molecule has 3 aromatic rings. The van der Waals surface area contributed by atoms with Crippen LogP contribution in [-0.2, 0) is 13.1 Å². The molecule has 0 bridgehead atoms. The highest BCUT2D eigenvalue weighted by atomic mass is 16.2. The van der Waals surface area contributed by atoms with Crippen LogP contribution in [0.25, 0.3) is 0 Å². The number of hydrogen-bond donors (Lipinski definition) is 1. The Morgan fingerprint density at radius 1 is 0.926 bits per heavy atom. The van der Waals surface area contributed by atoms with E-state index in [0.717, 1.165) is 22.4 Å². The molecule has 0 aliphatic carbocycles. The third-order valence-corrected chi connectivity index (χ3v) is 4.64. The molecule has 1 heterocycles. The highest BCUT2D eigenvalue weighted by Crippen LogP contribution is 2.17. The third kappa shape index (κ3) is 5.17. The molecule has 3 rings (SSSR count). The van der Waals surface area contributed by atoms with Gasteiger partial charge in [0.25, 0.3) is 0 Å². The first kappa shape index (κ1) is 18.6. The standard InChI is InChI=1S/C23H25N3O/c1-17-6-9-20(10-7-17)15-26(16-21-5-4-12-24-14-21)23(27)25-22-11-8-18(2)19(3)13-22/h4-14H,15-16H2,1-3H3,(H,25,27). The van der Waals surface area contributed by atoms with Gasteiger partial charge in [-0.3, -0.25) is 4.98 Å². The second-order valence-corrected chi connectivity index (χ2v) is 6.93. The molecule has 0 atom stereocenters. The van der Waals surface area contributed by atoms with E-state index in [-0.39, 0.29) is 6.03 Å². The first-order valence-corrected chi connectivity index (χ1v) is 9.09. The minimum Gasteiger partial charge on any atom is -0.316 e. The summed E-state index contributed by atoms with van der Waals surface area (Å²) in [6.07, 6.45) is 3.54. The maximum absolute atomic E-state index is 13.0. The van der Waals surface area contributed by atoms with Gasteiger partial charge in [-0.1, -0.05) is 42.0 Å². The number of benzene rings is 2. The third-order valence-electron chi connectivity index (χ3n) is 4.64. The van der Waals surface area contributed by atoms with Gasteiger partial charge in [0, 0.05) is 31.2 Å². The number of aryl methyl sites for hydroxylation is 3. The van der Waals surface area contributed by atoms with Crippen molar-refractivity contribution in [1.82, 2.24) is 9.88 Å². The van der Waals surface area contributed by atoms with Gasteiger partial charge in [-0.05, 0) is 61.2 Å². The molecule has 1 N–H and O–H groups in total. The molecule has 27 heavy (non-hydrogen) atoms. The van der Waals surface area contributed by atoms with E-state index in [1.54, 1.807) is 17.3 Å². The van der Waals surface area contributed by atoms with Crippen molar-refractivity contribution in [2.24, 2.45) is 0 Å². The number of hydrogen-bond acceptors (Lipinski definition) is 2. The lowest BCUT2D eigenvalue weighted by atomic mass is 10.1. The molecule has 0 saturated heterocycles. The lowest BCUT2D eigenvalue weighted by molar-refractivity contribution is 0.206. The fourth-order valence-corrected chi connectivity index (χ4v) is 2.85. The average Bonchev–Trinajstić information content (AvgIpc) is 2.67. The summed E-state index contributed by atoms with van der Waals surface area (Å²) >= 11 is 0. The van der Waals surface area contributed by atoms with Gasteiger partial charge in [-0.25, -0.2) is 4.79 Å². The molecule has 0 radical (unpaired) electrons. The SMILES string of the molecule is Cc1ccc(CN(Cc2cccnc2)C(=O)Nc2ccc(C)c(C)c2)cc1. The molecule has 0 unspecified atom stereocenters. The number of nitrogens with one attached hydrogen (secondary N) is 1. The van der Waals surface area contributed by atoms with Gasteiger partial charge < -0.3 is 10.2 Å². The summed E-state index contributed by atoms with van der Waals surface area (Å²) in [6, 6.07) is 18.0. The first-order chi connectivity index (χ1) is 13.0. The largest absolute Gasteiger partial charge is 0.322 e. The summed E-state index contributed by atoms with van der Waals surface area (Å²) in [5.41, 5.74) is 6.48. The maximum Gasteiger partial charge on any atom is 0.322 e. The Labute approximate surface area is 160 Å². The number of aromatic nitrogens is 1. The maximum atomic E-state index is 13.0. The topological polar surface area (TPSA) is 45.2 Å². The van der Waals surface area contributed by atoms with Crippen molar-refractivity contribution < 1.29 is 4.79 Å². The number of pyridine rings is 1. The zero-order chi connectivity index (χ0) is 19.2. The molecule has 0 aliphatic rings. The van der Waals surface area contributed by atoms with Gasteiger partial charge in [-0.2, -0.15) is 0 Å². The molecule has 2 aromatic carbocycles. The Morgan fingerprint density at radius 2 is 1.67 bits per heavy atom. The Kier molecular flexibility index (Phi) is 5.87. The van der Waals surface area contributed by atoms with Gasteiger partial charge in [0.05, 0.1) is 0 Å². The van der Waals surface area contributed by atoms with Crippen molar-refractivity contribution in [2.75, 3.05) is 5.32 Å². The highest BCUT2D eigenvalue weighted by molar-refractivity contribution is 5.89. The lowest BCUT2D eigenvalue weighted by Gasteiger charge is -2.23. The van der Waals surface area contributed by atoms with Crippen LogP contribution in [0.1, 0.15) is 27.8 Å². The van der Waals surface area contributed by atoms with E-state index in [1.807, 2.05) is 37.3 Å². The van der Waals surface area contributed by atoms with E-state index in [2.05, 4.69) is 48.4 Å². The molecule has 0 fully saturated rings. The minimum absolute atomic E-state index is 0.123. The van der Waals surface area contributed by atoms with Crippen molar-refractivity contribution in [3.8, 4) is 0 Å². The van der Waals surface area contributed by atoms with Gasteiger partial charge in [0.15, 0.2) is 0 Å². The van der Waals surface area contributed by atoms with Crippen LogP contribution in [-0.4, -0.2) is 15.9 Å². The van der Waals surface area contributed by atoms with Crippen LogP contribution in [0, 0.1) is 20.8 Å². The van der Waals surface area contributed by atoms with E-state index in [0.29, 0.717) is 13.1 Å². The molecular weight excluding hydrogens is 334 g/mol. The van der Waals surface area contributed by atoms with Crippen molar-refractivity contribution in [1.29, 1.82) is 0 Å². The van der Waals surface area contributed by atoms with Crippen LogP contribution >= 0.6 is 0 Å². The number of amides is 2. The average molecular weight is 359 g/mol. The Balaban J connectivity index is 1.79. The van der Waals surface area contributed by atoms with Crippen LogP contribution in [0.5, 0.6) is 0 Å². The second-order valence-electron chi connectivity index (χ2n) is 6.93. The summed E-state index contributed by atoms with van der Waals surface area (Å²) in [5.74, 6) is 0. The molecule has 0 spiro atoms. The molecule has 138 valence electrons. The fourth-order valence-electron chi connectivity index (χ4n) is 2.85. The molecule has 4 nitrogen and oxygen atoms in total. The number of carbonyl (C=O) groups excluding carboxylic acids is 1. The zero-order valence-corrected chi connectivity index (χ0v) is 16.1. The van der Waals surface area contributed by atoms with Crippen LogP contribution in [0.15, 0.2) is 67.0 Å². The minimum atomic E-state index is -0.123. The second kappa shape index (κ2) is 8.49. The normalized spacial score (nSPS) is 10.5. The molecule has 4 heteroatoms. The molecule has 0 saturated carbocycles. The van der Waals surface area contributed by atoms with Crippen molar-refractivity contribution in [3.63, 3.8) is 0 Å². The van der Waals surface area contributed by atoms with Crippen molar-refractivity contribution in [3.05, 3.63) is 94.8 Å². The Bertz CT molecular complexity index is 905. The van der Waals surface area contributed by atoms with E-state index in [1.165, 1.54) is 11.1 Å². The van der Waals surface area contributed by atoms with Gasteiger partial charge >= 0.3 is 6.03 Å². The smallest absolute Gasteiger partial charge is 0.316 e. The predicted octanol–water partition coefficient (Wildman–Crippen LogP) is 5.24. The number of rotatable bonds is 5. The summed E-state index contributed by atoms with van der Waals surface area (Å²) in [6.45, 7) is 7.20. The molecule has 1 aromatic heterocycles. The summed E-state index contributed by atoms with van der Waals surface area (Å²) in [7, 11) is 0. The Hall–Kier alpha value is -3.14. The van der Waals surface area contributed by atoms with E-state index < -0.39 is 0 Å². The van der Waals surface area contributed by atoms with Gasteiger partial charge in [0.2, 0.25) is 0 Å². The summed E-state index contributed by atoms with van der Waals surface area (Å²) in [4.78, 5) is 18.9. The zero-order valence-electron chi connectivity index (χ0n) is 16.1. The molecular formula is C23H25N3O. The summed E-state index contributed by atoms with van der Waals surface area (Å²) in [5, 5.41) is 3.03. The van der Waals surface area contributed by atoms with Crippen LogP contribution < -0.4 is 5.32 Å². The van der Waals surface area contributed by atoms with E-state index in [9.17, 15) is 4.79 Å². The van der Waals surface area contributed by atoms with Crippen LogP contribution in [0.4, 0.5) is 10.5 Å². The van der Waals surface area contributed by atoms with Crippen molar-refractivity contribution in [2.45, 2.75) is 33.9 Å². The Morgan fingerprint density at radius 3 is 2.33 bits per heavy atom. The molecule has 0 aliphatic heterocycles. The monoisotopic (exact) mass is 359 g/mol. The first-order valence-electron chi connectivity index (χ1n) is 9.09. The predicted molar refractivity (Wildman–Crippen MR) is 110 cm³/mol. The highest BCUT2D eigenvalue weighted by Gasteiger charge is 2.15. The molecule has 2 amide bonds. The van der Waals surface area contributed by atoms with Crippen LogP contribution in [0.3, 0.4) is 0 Å². The lowest BCUT2D eigenvalue weighted by Crippen LogP contribution is -2.34. The fraction of sp³-hybridized carbons (Fsp3) is 0.217. The summed E-state index contributed by atoms with van der Waals surface area (Å²) < 4.78 is 0. The van der Waals surface area contributed by atoms with Crippen LogP contribution in [0.2, 0.25) is 0 Å². The number of anilines is 1. The number of urea groups is 1. The van der Waals surface area contributed by atoms with Gasteiger partial charge in [0.1, 0.15) is 0 Å². The number of nitrogens with zero attached hydrogens (tertiary/aromatic N) is 2. The number of carbonyl (C=O) groups is 1. The van der Waals surface area contributed by atoms with E-state index >= 15 is 0 Å².